The molecule has 1 fully saturated rings. The van der Waals surface area contributed by atoms with Gasteiger partial charge in [0.2, 0.25) is 11.8 Å². The molecule has 0 bridgehead atoms. The number of hydrogen-bond donors (Lipinski definition) is 2. The highest BCUT2D eigenvalue weighted by molar-refractivity contribution is 6.30. The molecule has 144 valence electrons. The van der Waals surface area contributed by atoms with Gasteiger partial charge in [-0.05, 0) is 48.7 Å². The van der Waals surface area contributed by atoms with E-state index < -0.39 is 0 Å². The molecule has 2 heterocycles. The van der Waals surface area contributed by atoms with Crippen LogP contribution in [0.25, 0.3) is 10.9 Å². The number of rotatable bonds is 4. The molecule has 1 aromatic heterocycles. The van der Waals surface area contributed by atoms with Crippen LogP contribution in [0.4, 0.5) is 5.69 Å². The van der Waals surface area contributed by atoms with Gasteiger partial charge in [-0.25, -0.2) is 0 Å². The fourth-order valence-electron chi connectivity index (χ4n) is 3.75. The molecule has 3 aromatic rings. The zero-order valence-corrected chi connectivity index (χ0v) is 16.2. The molecule has 2 aromatic carbocycles. The van der Waals surface area contributed by atoms with Gasteiger partial charge in [0.25, 0.3) is 0 Å². The average Bonchev–Trinajstić information content (AvgIpc) is 3.13. The average molecular weight is 396 g/mol. The van der Waals surface area contributed by atoms with E-state index in [0.29, 0.717) is 24.5 Å². The number of aromatic nitrogens is 1. The van der Waals surface area contributed by atoms with E-state index in [2.05, 4.69) is 10.3 Å². The lowest BCUT2D eigenvalue weighted by molar-refractivity contribution is -0.133. The Morgan fingerprint density at radius 2 is 1.93 bits per heavy atom. The second-order valence-electron chi connectivity index (χ2n) is 7.21. The molecule has 5 nitrogen and oxygen atoms in total. The molecule has 1 unspecified atom stereocenters. The van der Waals surface area contributed by atoms with Crippen molar-refractivity contribution < 1.29 is 9.59 Å². The second kappa shape index (κ2) is 8.07. The van der Waals surface area contributed by atoms with Gasteiger partial charge in [-0.3, -0.25) is 9.59 Å². The number of fused-ring (bicyclic) bond motifs is 1. The van der Waals surface area contributed by atoms with Crippen LogP contribution in [0.3, 0.4) is 0 Å². The Morgan fingerprint density at radius 1 is 1.14 bits per heavy atom. The summed E-state index contributed by atoms with van der Waals surface area (Å²) in [5.74, 6) is -0.183. The summed E-state index contributed by atoms with van der Waals surface area (Å²) in [7, 11) is 0. The lowest BCUT2D eigenvalue weighted by Crippen LogP contribution is -2.44. The third kappa shape index (κ3) is 4.04. The number of hydrogen-bond acceptors (Lipinski definition) is 2. The Hall–Kier alpha value is -2.79. The number of anilines is 1. The van der Waals surface area contributed by atoms with Gasteiger partial charge in [0.1, 0.15) is 0 Å². The zero-order valence-electron chi connectivity index (χ0n) is 15.5. The summed E-state index contributed by atoms with van der Waals surface area (Å²) in [6.45, 7) is 1.16. The first-order chi connectivity index (χ1) is 13.6. The standard InChI is InChI=1S/C22H22ClN3O2/c23-17-7-9-18(10-8-17)25-22(28)15-4-3-11-26(14-15)21(27)12-16-13-24-20-6-2-1-5-19(16)20/h1-2,5-10,13,15,24H,3-4,11-12,14H2,(H,25,28). The highest BCUT2D eigenvalue weighted by Gasteiger charge is 2.28. The lowest BCUT2D eigenvalue weighted by Gasteiger charge is -2.32. The maximum absolute atomic E-state index is 12.8. The molecule has 6 heteroatoms. The van der Waals surface area contributed by atoms with E-state index in [4.69, 9.17) is 11.6 Å². The largest absolute Gasteiger partial charge is 0.361 e. The van der Waals surface area contributed by atoms with Crippen LogP contribution in [0.15, 0.2) is 54.7 Å². The van der Waals surface area contributed by atoms with E-state index in [1.165, 1.54) is 0 Å². The molecule has 0 spiro atoms. The molecule has 1 aliphatic heterocycles. The van der Waals surface area contributed by atoms with Crippen molar-refractivity contribution in [1.82, 2.24) is 9.88 Å². The van der Waals surface area contributed by atoms with Crippen LogP contribution in [0.2, 0.25) is 5.02 Å². The number of piperidine rings is 1. The van der Waals surface area contributed by atoms with E-state index in [-0.39, 0.29) is 17.7 Å². The third-order valence-electron chi connectivity index (χ3n) is 5.27. The number of nitrogens with one attached hydrogen (secondary N) is 2. The first kappa shape index (κ1) is 18.6. The van der Waals surface area contributed by atoms with Crippen LogP contribution in [-0.2, 0) is 16.0 Å². The van der Waals surface area contributed by atoms with Crippen molar-refractivity contribution in [2.45, 2.75) is 19.3 Å². The van der Waals surface area contributed by atoms with Gasteiger partial charge in [-0.15, -0.1) is 0 Å². The van der Waals surface area contributed by atoms with Gasteiger partial charge in [-0.2, -0.15) is 0 Å². The van der Waals surface area contributed by atoms with Crippen LogP contribution in [0, 0.1) is 5.92 Å². The number of nitrogens with zero attached hydrogens (tertiary/aromatic N) is 1. The number of likely N-dealkylation sites (tertiary alicyclic amines) is 1. The van der Waals surface area contributed by atoms with Crippen molar-refractivity contribution in [3.05, 3.63) is 65.3 Å². The van der Waals surface area contributed by atoms with Crippen molar-refractivity contribution in [2.24, 2.45) is 5.92 Å². The SMILES string of the molecule is O=C(Nc1ccc(Cl)cc1)C1CCCN(C(=O)Cc2c[nH]c3ccccc23)C1. The second-order valence-corrected chi connectivity index (χ2v) is 7.65. The third-order valence-corrected chi connectivity index (χ3v) is 5.53. The fourth-order valence-corrected chi connectivity index (χ4v) is 3.87. The molecule has 1 saturated heterocycles. The summed E-state index contributed by atoms with van der Waals surface area (Å²) < 4.78 is 0. The van der Waals surface area contributed by atoms with Crippen molar-refractivity contribution in [3.63, 3.8) is 0 Å². The molecule has 1 aliphatic rings. The van der Waals surface area contributed by atoms with E-state index in [0.717, 1.165) is 35.0 Å². The highest BCUT2D eigenvalue weighted by Crippen LogP contribution is 2.23. The Labute approximate surface area is 168 Å². The Kier molecular flexibility index (Phi) is 5.35. The minimum Gasteiger partial charge on any atom is -0.361 e. The summed E-state index contributed by atoms with van der Waals surface area (Å²) in [5.41, 5.74) is 2.74. The van der Waals surface area contributed by atoms with Crippen LogP contribution >= 0.6 is 11.6 Å². The molecule has 2 N–H and O–H groups in total. The molecule has 4 rings (SSSR count). The van der Waals surface area contributed by atoms with E-state index >= 15 is 0 Å². The topological polar surface area (TPSA) is 65.2 Å². The number of aromatic amines is 1. The fraction of sp³-hybridized carbons (Fsp3) is 0.273. The van der Waals surface area contributed by atoms with E-state index in [1.807, 2.05) is 35.4 Å². The van der Waals surface area contributed by atoms with E-state index in [1.54, 1.807) is 24.3 Å². The Morgan fingerprint density at radius 3 is 2.75 bits per heavy atom. The van der Waals surface area contributed by atoms with Gasteiger partial charge < -0.3 is 15.2 Å². The lowest BCUT2D eigenvalue weighted by atomic mass is 9.96. The number of halogens is 1. The number of H-pyrrole nitrogens is 1. The molecule has 2 amide bonds. The van der Waals surface area contributed by atoms with Gasteiger partial charge >= 0.3 is 0 Å². The Balaban J connectivity index is 1.39. The predicted molar refractivity (Wildman–Crippen MR) is 111 cm³/mol. The van der Waals surface area contributed by atoms with E-state index in [9.17, 15) is 9.59 Å². The monoisotopic (exact) mass is 395 g/mol. The summed E-state index contributed by atoms with van der Waals surface area (Å²) in [6.07, 6.45) is 3.86. The summed E-state index contributed by atoms with van der Waals surface area (Å²) in [5, 5.41) is 4.63. The van der Waals surface area contributed by atoms with Crippen molar-refractivity contribution in [3.8, 4) is 0 Å². The number of carbonyl (C=O) groups excluding carboxylic acids is 2. The number of carbonyl (C=O) groups is 2. The van der Waals surface area contributed by atoms with Gasteiger partial charge in [0, 0.05) is 40.9 Å². The smallest absolute Gasteiger partial charge is 0.229 e. The molecule has 0 saturated carbocycles. The summed E-state index contributed by atoms with van der Waals surface area (Å²) in [6, 6.07) is 15.0. The molecule has 0 radical (unpaired) electrons. The summed E-state index contributed by atoms with van der Waals surface area (Å²) >= 11 is 5.89. The molecular formula is C22H22ClN3O2. The quantitative estimate of drug-likeness (QED) is 0.693. The minimum absolute atomic E-state index is 0.0492. The first-order valence-corrected chi connectivity index (χ1v) is 9.87. The number of benzene rings is 2. The maximum Gasteiger partial charge on any atom is 0.229 e. The molecular weight excluding hydrogens is 374 g/mol. The maximum atomic E-state index is 12.8. The number of para-hydroxylation sites is 1. The van der Waals surface area contributed by atoms with Gasteiger partial charge in [-0.1, -0.05) is 29.8 Å². The normalized spacial score (nSPS) is 16.9. The highest BCUT2D eigenvalue weighted by atomic mass is 35.5. The van der Waals surface area contributed by atoms with Crippen LogP contribution < -0.4 is 5.32 Å². The Bertz CT molecular complexity index is 996. The van der Waals surface area contributed by atoms with Crippen LogP contribution in [0.1, 0.15) is 18.4 Å². The number of amides is 2. The van der Waals surface area contributed by atoms with Crippen LogP contribution in [-0.4, -0.2) is 34.8 Å². The first-order valence-electron chi connectivity index (χ1n) is 9.49. The van der Waals surface area contributed by atoms with Gasteiger partial charge in [0.15, 0.2) is 0 Å². The molecule has 28 heavy (non-hydrogen) atoms. The van der Waals surface area contributed by atoms with Crippen molar-refractivity contribution in [2.75, 3.05) is 18.4 Å². The predicted octanol–water partition coefficient (Wildman–Crippen LogP) is 4.24. The van der Waals surface area contributed by atoms with Gasteiger partial charge in [0.05, 0.1) is 12.3 Å². The van der Waals surface area contributed by atoms with Crippen molar-refractivity contribution >= 4 is 40.0 Å². The summed E-state index contributed by atoms with van der Waals surface area (Å²) in [4.78, 5) is 30.5. The van der Waals surface area contributed by atoms with Crippen molar-refractivity contribution in [1.29, 1.82) is 0 Å². The zero-order chi connectivity index (χ0) is 19.5. The molecule has 0 aliphatic carbocycles. The minimum atomic E-state index is -0.198. The van der Waals surface area contributed by atoms with Crippen LogP contribution in [0.5, 0.6) is 0 Å². The molecule has 1 atom stereocenters.